The maximum atomic E-state index is 13.0. The predicted octanol–water partition coefficient (Wildman–Crippen LogP) is 3.04. The van der Waals surface area contributed by atoms with Gasteiger partial charge in [0.1, 0.15) is 5.75 Å². The Hall–Kier alpha value is -2.89. The molecule has 3 fully saturated rings. The number of benzene rings is 1. The quantitative estimate of drug-likeness (QED) is 0.843. The average molecular weight is 391 g/mol. The highest BCUT2D eigenvalue weighted by atomic mass is 16.5. The SMILES string of the molecule is C[C@@]12CC[C@H](C[C@@H]1C(=O)NCc1ccncc1)[C@@]1(C2)NC(=O)c2ccccc2O1. The molecule has 4 atom stereocenters. The molecule has 6 rings (SSSR count). The van der Waals surface area contributed by atoms with Crippen molar-refractivity contribution in [3.05, 3.63) is 59.9 Å². The van der Waals surface area contributed by atoms with E-state index in [2.05, 4.69) is 22.5 Å². The van der Waals surface area contributed by atoms with E-state index in [1.165, 1.54) is 0 Å². The van der Waals surface area contributed by atoms with E-state index < -0.39 is 5.72 Å². The molecule has 3 aliphatic carbocycles. The maximum absolute atomic E-state index is 13.0. The number of hydrogen-bond donors (Lipinski definition) is 2. The molecule has 4 aliphatic rings. The molecule has 6 heteroatoms. The number of para-hydroxylation sites is 1. The number of carbonyl (C=O) groups is 2. The second-order valence-corrected chi connectivity index (χ2v) is 8.87. The maximum Gasteiger partial charge on any atom is 0.258 e. The van der Waals surface area contributed by atoms with Crippen LogP contribution in [0.25, 0.3) is 0 Å². The molecule has 6 nitrogen and oxygen atoms in total. The van der Waals surface area contributed by atoms with Crippen molar-refractivity contribution in [2.45, 2.75) is 44.9 Å². The van der Waals surface area contributed by atoms with Crippen LogP contribution in [0.1, 0.15) is 48.5 Å². The monoisotopic (exact) mass is 391 g/mol. The van der Waals surface area contributed by atoms with Gasteiger partial charge in [0.05, 0.1) is 5.56 Å². The molecule has 2 bridgehead atoms. The first-order valence-electron chi connectivity index (χ1n) is 10.3. The summed E-state index contributed by atoms with van der Waals surface area (Å²) in [5.41, 5.74) is 0.698. The van der Waals surface area contributed by atoms with Crippen molar-refractivity contribution in [3.63, 3.8) is 0 Å². The van der Waals surface area contributed by atoms with Crippen molar-refractivity contribution in [2.75, 3.05) is 0 Å². The summed E-state index contributed by atoms with van der Waals surface area (Å²) in [6, 6.07) is 11.2. The van der Waals surface area contributed by atoms with Gasteiger partial charge in [0.25, 0.3) is 5.91 Å². The topological polar surface area (TPSA) is 80.3 Å². The van der Waals surface area contributed by atoms with E-state index in [0.717, 1.165) is 24.8 Å². The summed E-state index contributed by atoms with van der Waals surface area (Å²) in [6.45, 7) is 2.67. The Morgan fingerprint density at radius 3 is 2.86 bits per heavy atom. The van der Waals surface area contributed by atoms with Gasteiger partial charge in [0, 0.05) is 37.2 Å². The van der Waals surface area contributed by atoms with Crippen LogP contribution in [-0.4, -0.2) is 22.5 Å². The molecule has 150 valence electrons. The Balaban J connectivity index is 1.35. The average Bonchev–Trinajstić information content (AvgIpc) is 2.72. The lowest BCUT2D eigenvalue weighted by molar-refractivity contribution is -0.167. The van der Waals surface area contributed by atoms with Gasteiger partial charge in [-0.25, -0.2) is 0 Å². The van der Waals surface area contributed by atoms with Gasteiger partial charge in [-0.3, -0.25) is 14.6 Å². The van der Waals surface area contributed by atoms with Gasteiger partial charge in [0.2, 0.25) is 5.91 Å². The number of pyridine rings is 1. The number of rotatable bonds is 3. The number of amides is 2. The predicted molar refractivity (Wildman–Crippen MR) is 107 cm³/mol. The van der Waals surface area contributed by atoms with E-state index in [9.17, 15) is 9.59 Å². The molecular formula is C23H25N3O3. The zero-order valence-corrected chi connectivity index (χ0v) is 16.5. The summed E-state index contributed by atoms with van der Waals surface area (Å²) in [6.07, 6.45) is 6.76. The van der Waals surface area contributed by atoms with Gasteiger partial charge in [-0.05, 0) is 54.5 Å². The number of nitrogens with one attached hydrogen (secondary N) is 2. The van der Waals surface area contributed by atoms with Crippen LogP contribution in [0.4, 0.5) is 0 Å². The Labute approximate surface area is 170 Å². The van der Waals surface area contributed by atoms with Gasteiger partial charge >= 0.3 is 0 Å². The first-order valence-corrected chi connectivity index (χ1v) is 10.3. The smallest absolute Gasteiger partial charge is 0.258 e. The minimum absolute atomic E-state index is 0.0774. The molecule has 0 radical (unpaired) electrons. The Morgan fingerprint density at radius 1 is 1.28 bits per heavy atom. The number of hydrogen-bond acceptors (Lipinski definition) is 4. The lowest BCUT2D eigenvalue weighted by Crippen LogP contribution is -2.69. The third-order valence-corrected chi connectivity index (χ3v) is 7.03. The third kappa shape index (κ3) is 2.98. The van der Waals surface area contributed by atoms with Crippen LogP contribution in [0.5, 0.6) is 5.75 Å². The largest absolute Gasteiger partial charge is 0.467 e. The first-order chi connectivity index (χ1) is 14.0. The number of ether oxygens (including phenoxy) is 1. The second kappa shape index (κ2) is 6.58. The molecule has 0 saturated heterocycles. The normalized spacial score (nSPS) is 32.2. The van der Waals surface area contributed by atoms with E-state index in [4.69, 9.17) is 4.74 Å². The van der Waals surface area contributed by atoms with Gasteiger partial charge in [-0.15, -0.1) is 0 Å². The fourth-order valence-electron chi connectivity index (χ4n) is 5.47. The van der Waals surface area contributed by atoms with Crippen molar-refractivity contribution >= 4 is 11.8 Å². The van der Waals surface area contributed by atoms with Crippen LogP contribution in [0.15, 0.2) is 48.8 Å². The fraction of sp³-hybridized carbons (Fsp3) is 0.435. The fourth-order valence-corrected chi connectivity index (χ4v) is 5.47. The minimum atomic E-state index is -0.708. The first kappa shape index (κ1) is 18.2. The number of fused-ring (bicyclic) bond motifs is 3. The number of aromatic nitrogens is 1. The Bertz CT molecular complexity index is 963. The van der Waals surface area contributed by atoms with E-state index in [1.54, 1.807) is 18.5 Å². The highest BCUT2D eigenvalue weighted by Gasteiger charge is 2.61. The van der Waals surface area contributed by atoms with Crippen LogP contribution in [0.3, 0.4) is 0 Å². The molecule has 3 saturated carbocycles. The molecule has 2 amide bonds. The van der Waals surface area contributed by atoms with Crippen LogP contribution >= 0.6 is 0 Å². The molecule has 2 aromatic rings. The van der Waals surface area contributed by atoms with Gasteiger partial charge in [-0.1, -0.05) is 19.1 Å². The minimum Gasteiger partial charge on any atom is -0.467 e. The summed E-state index contributed by atoms with van der Waals surface area (Å²) in [7, 11) is 0. The van der Waals surface area contributed by atoms with Gasteiger partial charge < -0.3 is 15.4 Å². The van der Waals surface area contributed by atoms with Crippen LogP contribution in [0.2, 0.25) is 0 Å². The standard InChI is InChI=1S/C23H25N3O3/c1-22-9-6-16(12-18(22)21(28)25-13-15-7-10-24-11-8-15)23(14-22)26-20(27)17-4-2-3-5-19(17)29-23/h2-5,7-8,10-11,16,18H,6,9,12-14H2,1H3,(H,25,28)(H,26,27)/t16-,18-,22+,23+/m1/s1. The van der Waals surface area contributed by atoms with Crippen LogP contribution in [-0.2, 0) is 11.3 Å². The van der Waals surface area contributed by atoms with Crippen molar-refractivity contribution in [1.29, 1.82) is 0 Å². The van der Waals surface area contributed by atoms with Crippen molar-refractivity contribution < 1.29 is 14.3 Å². The highest BCUT2D eigenvalue weighted by Crippen LogP contribution is 2.58. The van der Waals surface area contributed by atoms with Crippen molar-refractivity contribution in [3.8, 4) is 5.75 Å². The van der Waals surface area contributed by atoms with E-state index >= 15 is 0 Å². The molecule has 1 aromatic carbocycles. The Kier molecular flexibility index (Phi) is 4.12. The molecule has 0 unspecified atom stereocenters. The summed E-state index contributed by atoms with van der Waals surface area (Å²) >= 11 is 0. The molecule has 1 spiro atoms. The zero-order chi connectivity index (χ0) is 20.1. The van der Waals surface area contributed by atoms with Crippen LogP contribution < -0.4 is 15.4 Å². The highest BCUT2D eigenvalue weighted by molar-refractivity contribution is 5.98. The van der Waals surface area contributed by atoms with Crippen LogP contribution in [0, 0.1) is 17.3 Å². The number of nitrogens with zero attached hydrogens (tertiary/aromatic N) is 1. The lowest BCUT2D eigenvalue weighted by atomic mass is 9.52. The lowest BCUT2D eigenvalue weighted by Gasteiger charge is -2.59. The molecule has 29 heavy (non-hydrogen) atoms. The summed E-state index contributed by atoms with van der Waals surface area (Å²) < 4.78 is 6.42. The van der Waals surface area contributed by atoms with Crippen molar-refractivity contribution in [2.24, 2.45) is 17.3 Å². The van der Waals surface area contributed by atoms with E-state index in [0.29, 0.717) is 24.3 Å². The zero-order valence-electron chi connectivity index (χ0n) is 16.5. The van der Waals surface area contributed by atoms with Gasteiger partial charge in [0.15, 0.2) is 5.72 Å². The van der Waals surface area contributed by atoms with E-state index in [1.807, 2.05) is 30.3 Å². The number of carbonyl (C=O) groups excluding carboxylic acids is 2. The third-order valence-electron chi connectivity index (χ3n) is 7.03. The second-order valence-electron chi connectivity index (χ2n) is 8.87. The van der Waals surface area contributed by atoms with Crippen molar-refractivity contribution in [1.82, 2.24) is 15.6 Å². The summed E-state index contributed by atoms with van der Waals surface area (Å²) in [4.78, 5) is 29.8. The molecule has 1 aliphatic heterocycles. The summed E-state index contributed by atoms with van der Waals surface area (Å²) in [5, 5.41) is 6.26. The van der Waals surface area contributed by atoms with Gasteiger partial charge in [-0.2, -0.15) is 0 Å². The molecule has 2 N–H and O–H groups in total. The Morgan fingerprint density at radius 2 is 2.07 bits per heavy atom. The summed E-state index contributed by atoms with van der Waals surface area (Å²) in [5.74, 6) is 0.698. The molecule has 2 heterocycles. The molecular weight excluding hydrogens is 366 g/mol. The molecule has 1 aromatic heterocycles. The van der Waals surface area contributed by atoms with E-state index in [-0.39, 0.29) is 29.1 Å².